The maximum Gasteiger partial charge on any atom is 0.306 e. The largest absolute Gasteiger partial charge is 0.462 e. The van der Waals surface area contributed by atoms with E-state index < -0.39 is 6.10 Å². The molecule has 0 spiro atoms. The van der Waals surface area contributed by atoms with Crippen LogP contribution in [0.15, 0.2) is 85.1 Å². The van der Waals surface area contributed by atoms with Gasteiger partial charge >= 0.3 is 17.9 Å². The number of carbonyl (C=O) groups excluding carboxylic acids is 3. The van der Waals surface area contributed by atoms with Crippen molar-refractivity contribution in [3.8, 4) is 0 Å². The number of hydrogen-bond donors (Lipinski definition) is 0. The summed E-state index contributed by atoms with van der Waals surface area (Å²) in [6.45, 7) is 6.47. The third-order valence-electron chi connectivity index (χ3n) is 15.4. The number of esters is 3. The standard InChI is InChI=1S/C75H132O6/c1-4-7-10-13-15-17-19-21-23-25-27-29-31-33-35-36-37-38-40-41-43-45-47-49-51-53-55-57-59-62-65-68-74(77)80-71-72(70-79-73(76)67-64-61-12-9-6-3)81-75(78)69-66-63-60-58-56-54-52-50-48-46-44-42-39-34-32-30-28-26-24-22-20-18-16-14-11-8-5-2/h8,11,16,18,22,24,28,30,34,39,44,46,50,52,72H,4-7,9-10,12-15,17,19-21,23,25-27,29,31-33,35-38,40-43,45,47-49,51,53-71H2,1-3H3/b11-8-,18-16-,24-22-,30-28-,39-34-,46-44-,52-50-. The first kappa shape index (κ1) is 77.6. The zero-order chi connectivity index (χ0) is 58.5. The van der Waals surface area contributed by atoms with E-state index in [0.29, 0.717) is 19.3 Å². The van der Waals surface area contributed by atoms with Gasteiger partial charge in [-0.2, -0.15) is 0 Å². The Labute approximate surface area is 503 Å². The van der Waals surface area contributed by atoms with Gasteiger partial charge in [0.15, 0.2) is 6.10 Å². The van der Waals surface area contributed by atoms with E-state index in [2.05, 4.69) is 106 Å². The van der Waals surface area contributed by atoms with Gasteiger partial charge in [0, 0.05) is 19.3 Å². The molecule has 0 aliphatic carbocycles. The molecule has 1 unspecified atom stereocenters. The van der Waals surface area contributed by atoms with Crippen LogP contribution < -0.4 is 0 Å². The maximum atomic E-state index is 12.8. The molecule has 0 aliphatic heterocycles. The van der Waals surface area contributed by atoms with Crippen molar-refractivity contribution in [2.24, 2.45) is 0 Å². The highest BCUT2D eigenvalue weighted by atomic mass is 16.6. The number of hydrogen-bond acceptors (Lipinski definition) is 6. The van der Waals surface area contributed by atoms with Crippen molar-refractivity contribution >= 4 is 17.9 Å². The number of carbonyl (C=O) groups is 3. The summed E-state index contributed by atoms with van der Waals surface area (Å²) in [6.07, 6.45) is 92.5. The summed E-state index contributed by atoms with van der Waals surface area (Å²) in [4.78, 5) is 38.0. The molecule has 0 aromatic rings. The molecule has 81 heavy (non-hydrogen) atoms. The average molecular weight is 1130 g/mol. The molecule has 0 radical (unpaired) electrons. The Morgan fingerprint density at radius 3 is 0.753 bits per heavy atom. The minimum Gasteiger partial charge on any atom is -0.462 e. The van der Waals surface area contributed by atoms with E-state index in [1.807, 2.05) is 0 Å². The lowest BCUT2D eigenvalue weighted by Crippen LogP contribution is -2.30. The first-order valence-electron chi connectivity index (χ1n) is 35.1. The van der Waals surface area contributed by atoms with Gasteiger partial charge in [0.25, 0.3) is 0 Å². The molecule has 6 nitrogen and oxygen atoms in total. The lowest BCUT2D eigenvalue weighted by molar-refractivity contribution is -0.167. The second-order valence-corrected chi connectivity index (χ2v) is 23.4. The van der Waals surface area contributed by atoms with Gasteiger partial charge < -0.3 is 14.2 Å². The highest BCUT2D eigenvalue weighted by molar-refractivity contribution is 5.71. The number of allylic oxidation sites excluding steroid dienone is 14. The van der Waals surface area contributed by atoms with Crippen LogP contribution in [0.4, 0.5) is 0 Å². The monoisotopic (exact) mass is 1130 g/mol. The highest BCUT2D eigenvalue weighted by Gasteiger charge is 2.19. The van der Waals surface area contributed by atoms with Crippen LogP contribution in [0.1, 0.15) is 355 Å². The first-order valence-corrected chi connectivity index (χ1v) is 35.1. The van der Waals surface area contributed by atoms with Crippen molar-refractivity contribution in [3.63, 3.8) is 0 Å². The lowest BCUT2D eigenvalue weighted by atomic mass is 10.0. The van der Waals surface area contributed by atoms with Crippen LogP contribution in [0.2, 0.25) is 0 Å². The van der Waals surface area contributed by atoms with Gasteiger partial charge in [-0.15, -0.1) is 0 Å². The molecule has 0 saturated carbocycles. The van der Waals surface area contributed by atoms with Gasteiger partial charge in [-0.1, -0.05) is 343 Å². The SMILES string of the molecule is CC/C=C\C/C=C\C/C=C\C/C=C\C/C=C\C/C=C\C/C=C\CCCCCCCC(=O)OC(COC(=O)CCCCCCC)COC(=O)CCCCCCCCCCCCCCCCCCCCCCCCCCCCCCCCC. The molecular weight excluding hydrogens is 997 g/mol. The predicted molar refractivity (Wildman–Crippen MR) is 353 cm³/mol. The molecule has 0 saturated heterocycles. The van der Waals surface area contributed by atoms with Gasteiger partial charge in [0.2, 0.25) is 0 Å². The summed E-state index contributed by atoms with van der Waals surface area (Å²) >= 11 is 0. The van der Waals surface area contributed by atoms with E-state index >= 15 is 0 Å². The molecule has 0 aromatic carbocycles. The third-order valence-corrected chi connectivity index (χ3v) is 15.4. The van der Waals surface area contributed by atoms with E-state index in [-0.39, 0.29) is 31.1 Å². The van der Waals surface area contributed by atoms with Gasteiger partial charge in [0.05, 0.1) is 0 Å². The molecule has 0 amide bonds. The van der Waals surface area contributed by atoms with Crippen molar-refractivity contribution in [1.82, 2.24) is 0 Å². The van der Waals surface area contributed by atoms with Crippen LogP contribution in [-0.4, -0.2) is 37.2 Å². The van der Waals surface area contributed by atoms with Gasteiger partial charge in [-0.3, -0.25) is 14.4 Å². The molecular formula is C75H132O6. The Morgan fingerprint density at radius 1 is 0.259 bits per heavy atom. The summed E-state index contributed by atoms with van der Waals surface area (Å²) in [6, 6.07) is 0. The van der Waals surface area contributed by atoms with Gasteiger partial charge in [0.1, 0.15) is 13.2 Å². The summed E-state index contributed by atoms with van der Waals surface area (Å²) in [5, 5.41) is 0. The van der Waals surface area contributed by atoms with Crippen molar-refractivity contribution < 1.29 is 28.6 Å². The fourth-order valence-electron chi connectivity index (χ4n) is 10.2. The Kier molecular flexibility index (Phi) is 66.2. The topological polar surface area (TPSA) is 78.9 Å². The molecule has 0 fully saturated rings. The van der Waals surface area contributed by atoms with Crippen LogP contribution in [0.5, 0.6) is 0 Å². The lowest BCUT2D eigenvalue weighted by Gasteiger charge is -2.18. The van der Waals surface area contributed by atoms with Crippen LogP contribution in [-0.2, 0) is 28.6 Å². The summed E-state index contributed by atoms with van der Waals surface area (Å²) in [5.74, 6) is -0.902. The average Bonchev–Trinajstić information content (AvgIpc) is 3.47. The van der Waals surface area contributed by atoms with Crippen molar-refractivity contribution in [2.75, 3.05) is 13.2 Å². The van der Waals surface area contributed by atoms with Crippen LogP contribution in [0.25, 0.3) is 0 Å². The molecule has 0 aromatic heterocycles. The van der Waals surface area contributed by atoms with E-state index in [1.54, 1.807) is 0 Å². The van der Waals surface area contributed by atoms with E-state index in [1.165, 1.54) is 186 Å². The Balaban J connectivity index is 4.00. The normalized spacial score (nSPS) is 12.6. The molecule has 0 N–H and O–H groups in total. The molecule has 0 rings (SSSR count). The highest BCUT2D eigenvalue weighted by Crippen LogP contribution is 2.18. The smallest absolute Gasteiger partial charge is 0.306 e. The first-order chi connectivity index (χ1) is 40.0. The molecule has 6 heteroatoms. The zero-order valence-electron chi connectivity index (χ0n) is 53.8. The van der Waals surface area contributed by atoms with E-state index in [9.17, 15) is 14.4 Å². The van der Waals surface area contributed by atoms with Crippen molar-refractivity contribution in [3.05, 3.63) is 85.1 Å². The second-order valence-electron chi connectivity index (χ2n) is 23.4. The summed E-state index contributed by atoms with van der Waals surface area (Å²) < 4.78 is 16.8. The number of unbranched alkanes of at least 4 members (excludes halogenated alkanes) is 39. The van der Waals surface area contributed by atoms with Crippen LogP contribution in [0.3, 0.4) is 0 Å². The molecule has 0 heterocycles. The fraction of sp³-hybridized carbons (Fsp3) is 0.773. The molecule has 0 bridgehead atoms. The fourth-order valence-corrected chi connectivity index (χ4v) is 10.2. The van der Waals surface area contributed by atoms with Gasteiger partial charge in [-0.05, 0) is 77.0 Å². The molecule has 468 valence electrons. The van der Waals surface area contributed by atoms with Crippen LogP contribution in [0, 0.1) is 0 Å². The third kappa shape index (κ3) is 67.3. The quantitative estimate of drug-likeness (QED) is 0.0261. The minimum absolute atomic E-state index is 0.0818. The predicted octanol–water partition coefficient (Wildman–Crippen LogP) is 24.2. The molecule has 1 atom stereocenters. The maximum absolute atomic E-state index is 12.8. The van der Waals surface area contributed by atoms with Crippen molar-refractivity contribution in [2.45, 2.75) is 361 Å². The second kappa shape index (κ2) is 69.1. The zero-order valence-corrected chi connectivity index (χ0v) is 53.8. The minimum atomic E-state index is -0.784. The number of rotatable bonds is 64. The Bertz CT molecular complexity index is 1530. The summed E-state index contributed by atoms with van der Waals surface area (Å²) in [7, 11) is 0. The van der Waals surface area contributed by atoms with Crippen molar-refractivity contribution in [1.29, 1.82) is 0 Å². The number of ether oxygens (including phenoxy) is 3. The van der Waals surface area contributed by atoms with Gasteiger partial charge in [-0.25, -0.2) is 0 Å². The summed E-state index contributed by atoms with van der Waals surface area (Å²) in [5.41, 5.74) is 0. The van der Waals surface area contributed by atoms with Crippen LogP contribution >= 0.6 is 0 Å². The molecule has 0 aliphatic rings. The van der Waals surface area contributed by atoms with E-state index in [0.717, 1.165) is 128 Å². The van der Waals surface area contributed by atoms with E-state index in [4.69, 9.17) is 14.2 Å². The Morgan fingerprint density at radius 2 is 0.481 bits per heavy atom. The Hall–Kier alpha value is -3.41.